The number of hydrogen-bond donors (Lipinski definition) is 0. The molecule has 5 rings (SSSR count). The van der Waals surface area contributed by atoms with Crippen molar-refractivity contribution in [3.8, 4) is 0 Å². The molecular formula is C30H26ClNO2S. The van der Waals surface area contributed by atoms with Crippen LogP contribution in [-0.2, 0) is 10.0 Å². The minimum atomic E-state index is -3.73. The van der Waals surface area contributed by atoms with Gasteiger partial charge in [-0.1, -0.05) is 102 Å². The first-order valence-electron chi connectivity index (χ1n) is 11.6. The lowest BCUT2D eigenvalue weighted by molar-refractivity contribution is 0.415. The number of rotatable bonds is 5. The zero-order valence-electron chi connectivity index (χ0n) is 19.4. The van der Waals surface area contributed by atoms with Crippen LogP contribution in [-0.4, -0.2) is 19.3 Å². The summed E-state index contributed by atoms with van der Waals surface area (Å²) in [4.78, 5) is 0.310. The Balaban J connectivity index is 1.74. The Kier molecular flexibility index (Phi) is 6.61. The summed E-state index contributed by atoms with van der Waals surface area (Å²) < 4.78 is 29.5. The molecule has 4 aromatic carbocycles. The first-order chi connectivity index (χ1) is 16.9. The van der Waals surface area contributed by atoms with E-state index in [-0.39, 0.29) is 0 Å². The maximum absolute atomic E-state index is 13.9. The molecular weight excluding hydrogens is 474 g/mol. The van der Waals surface area contributed by atoms with Gasteiger partial charge in [-0.05, 0) is 65.4 Å². The zero-order valence-corrected chi connectivity index (χ0v) is 21.0. The molecule has 0 radical (unpaired) electrons. The second kappa shape index (κ2) is 9.82. The molecule has 0 N–H and O–H groups in total. The zero-order chi connectivity index (χ0) is 24.4. The molecule has 35 heavy (non-hydrogen) atoms. The predicted molar refractivity (Wildman–Crippen MR) is 143 cm³/mol. The van der Waals surface area contributed by atoms with Crippen molar-refractivity contribution in [3.05, 3.63) is 142 Å². The first kappa shape index (κ1) is 23.6. The van der Waals surface area contributed by atoms with Crippen LogP contribution in [0.2, 0.25) is 5.02 Å². The van der Waals surface area contributed by atoms with Gasteiger partial charge in [0.2, 0.25) is 10.0 Å². The van der Waals surface area contributed by atoms with Crippen LogP contribution in [0.15, 0.2) is 120 Å². The van der Waals surface area contributed by atoms with Crippen molar-refractivity contribution < 1.29 is 8.42 Å². The Morgan fingerprint density at radius 1 is 0.771 bits per heavy atom. The highest BCUT2D eigenvalue weighted by Crippen LogP contribution is 2.45. The second-order valence-corrected chi connectivity index (χ2v) is 11.1. The molecule has 176 valence electrons. The summed E-state index contributed by atoms with van der Waals surface area (Å²) in [6.07, 6.45) is 0.636. The van der Waals surface area contributed by atoms with Gasteiger partial charge >= 0.3 is 0 Å². The van der Waals surface area contributed by atoms with E-state index in [1.54, 1.807) is 16.4 Å². The molecule has 0 aliphatic carbocycles. The van der Waals surface area contributed by atoms with Gasteiger partial charge in [-0.3, -0.25) is 0 Å². The summed E-state index contributed by atoms with van der Waals surface area (Å²) >= 11 is 6.20. The van der Waals surface area contributed by atoms with Gasteiger partial charge in [-0.2, -0.15) is 4.31 Å². The predicted octanol–water partition coefficient (Wildman–Crippen LogP) is 7.29. The molecule has 4 aromatic rings. The summed E-state index contributed by atoms with van der Waals surface area (Å²) in [5.41, 5.74) is 6.23. The highest BCUT2D eigenvalue weighted by molar-refractivity contribution is 7.89. The smallest absolute Gasteiger partial charge is 0.207 e. The number of nitrogens with zero attached hydrogens (tertiary/aromatic N) is 1. The number of benzene rings is 4. The lowest BCUT2D eigenvalue weighted by Gasteiger charge is -2.27. The molecule has 0 saturated carbocycles. The van der Waals surface area contributed by atoms with Crippen LogP contribution in [0, 0.1) is 6.92 Å². The van der Waals surface area contributed by atoms with Crippen LogP contribution in [0.25, 0.3) is 5.57 Å². The first-order valence-corrected chi connectivity index (χ1v) is 13.4. The number of halogens is 1. The van der Waals surface area contributed by atoms with Crippen LogP contribution in [0.1, 0.15) is 34.7 Å². The van der Waals surface area contributed by atoms with Crippen molar-refractivity contribution in [2.45, 2.75) is 24.3 Å². The van der Waals surface area contributed by atoms with Gasteiger partial charge in [0.15, 0.2) is 0 Å². The lowest BCUT2D eigenvalue weighted by atomic mass is 9.87. The average Bonchev–Trinajstić information content (AvgIpc) is 3.32. The van der Waals surface area contributed by atoms with E-state index < -0.39 is 16.1 Å². The summed E-state index contributed by atoms with van der Waals surface area (Å²) in [5, 5.41) is 0.622. The molecule has 1 aliphatic heterocycles. The Hall–Kier alpha value is -3.18. The van der Waals surface area contributed by atoms with Crippen molar-refractivity contribution in [2.75, 3.05) is 6.54 Å². The highest BCUT2D eigenvalue weighted by atomic mass is 35.5. The Morgan fingerprint density at radius 2 is 1.31 bits per heavy atom. The molecule has 1 heterocycles. The van der Waals surface area contributed by atoms with Crippen molar-refractivity contribution in [2.24, 2.45) is 0 Å². The molecule has 0 bridgehead atoms. The summed E-state index contributed by atoms with van der Waals surface area (Å²) in [5.74, 6) is 0. The minimum absolute atomic E-state index is 0.310. The maximum Gasteiger partial charge on any atom is 0.243 e. The minimum Gasteiger partial charge on any atom is -0.207 e. The standard InChI is InChI=1S/C30H26ClNO2S/c1-22-12-18-27(19-13-22)35(33,34)32-21-20-28(30(32)25-14-16-26(31)17-15-25)29(23-8-4-2-5-9-23)24-10-6-3-7-11-24/h2-19,30H,20-21H2,1H3. The van der Waals surface area contributed by atoms with Gasteiger partial charge < -0.3 is 0 Å². The quantitative estimate of drug-likeness (QED) is 0.289. The van der Waals surface area contributed by atoms with E-state index in [4.69, 9.17) is 11.6 Å². The van der Waals surface area contributed by atoms with Gasteiger partial charge in [0.05, 0.1) is 10.9 Å². The van der Waals surface area contributed by atoms with E-state index in [2.05, 4.69) is 24.3 Å². The molecule has 0 amide bonds. The van der Waals surface area contributed by atoms with E-state index in [1.165, 1.54) is 0 Å². The lowest BCUT2D eigenvalue weighted by Crippen LogP contribution is -2.31. The summed E-state index contributed by atoms with van der Waals surface area (Å²) in [7, 11) is -3.73. The third-order valence-electron chi connectivity index (χ3n) is 6.48. The van der Waals surface area contributed by atoms with E-state index in [9.17, 15) is 8.42 Å². The molecule has 0 aromatic heterocycles. The molecule has 5 heteroatoms. The summed E-state index contributed by atoms with van der Waals surface area (Å²) in [6.45, 7) is 2.36. The Morgan fingerprint density at radius 3 is 1.86 bits per heavy atom. The van der Waals surface area contributed by atoms with E-state index in [1.807, 2.05) is 79.7 Å². The average molecular weight is 500 g/mol. The number of sulfonamides is 1. The van der Waals surface area contributed by atoms with Crippen LogP contribution < -0.4 is 0 Å². The third-order valence-corrected chi connectivity index (χ3v) is 8.61. The Labute approximate surface area is 212 Å². The fourth-order valence-corrected chi connectivity index (χ4v) is 6.53. The fourth-order valence-electron chi connectivity index (χ4n) is 4.80. The van der Waals surface area contributed by atoms with Gasteiger partial charge in [0.1, 0.15) is 0 Å². The fraction of sp³-hybridized carbons (Fsp3) is 0.133. The van der Waals surface area contributed by atoms with Gasteiger partial charge in [-0.25, -0.2) is 8.42 Å². The molecule has 1 fully saturated rings. The molecule has 0 spiro atoms. The van der Waals surface area contributed by atoms with Crippen molar-refractivity contribution in [3.63, 3.8) is 0 Å². The van der Waals surface area contributed by atoms with Crippen molar-refractivity contribution >= 4 is 27.2 Å². The molecule has 1 aliphatic rings. The Bertz CT molecular complexity index is 1410. The summed E-state index contributed by atoms with van der Waals surface area (Å²) in [6, 6.07) is 34.6. The molecule has 1 saturated heterocycles. The van der Waals surface area contributed by atoms with Crippen molar-refractivity contribution in [1.29, 1.82) is 0 Å². The van der Waals surface area contributed by atoms with E-state index in [0.29, 0.717) is 22.9 Å². The van der Waals surface area contributed by atoms with Crippen LogP contribution in [0.3, 0.4) is 0 Å². The molecule has 1 unspecified atom stereocenters. The molecule has 1 atom stereocenters. The van der Waals surface area contributed by atoms with Crippen LogP contribution in [0.5, 0.6) is 0 Å². The number of hydrogen-bond acceptors (Lipinski definition) is 2. The third kappa shape index (κ3) is 4.70. The van der Waals surface area contributed by atoms with Gasteiger partial charge in [-0.15, -0.1) is 0 Å². The van der Waals surface area contributed by atoms with E-state index in [0.717, 1.165) is 33.4 Å². The molecule has 3 nitrogen and oxygen atoms in total. The van der Waals surface area contributed by atoms with Gasteiger partial charge in [0, 0.05) is 11.6 Å². The topological polar surface area (TPSA) is 37.4 Å². The monoisotopic (exact) mass is 499 g/mol. The number of aryl methyl sites for hydroxylation is 1. The maximum atomic E-state index is 13.9. The van der Waals surface area contributed by atoms with Gasteiger partial charge in [0.25, 0.3) is 0 Å². The SMILES string of the molecule is Cc1ccc(S(=O)(=O)N2CCC(=C(c3ccccc3)c3ccccc3)C2c2ccc(Cl)cc2)cc1. The second-order valence-electron chi connectivity index (χ2n) is 8.77. The normalized spacial score (nSPS) is 16.4. The highest BCUT2D eigenvalue weighted by Gasteiger charge is 2.40. The van der Waals surface area contributed by atoms with Crippen LogP contribution in [0.4, 0.5) is 0 Å². The van der Waals surface area contributed by atoms with Crippen molar-refractivity contribution in [1.82, 2.24) is 4.31 Å². The van der Waals surface area contributed by atoms with Crippen LogP contribution >= 0.6 is 11.6 Å². The largest absolute Gasteiger partial charge is 0.243 e. The van der Waals surface area contributed by atoms with E-state index >= 15 is 0 Å².